The van der Waals surface area contributed by atoms with Crippen molar-refractivity contribution in [2.75, 3.05) is 0 Å². The van der Waals surface area contributed by atoms with E-state index in [-0.39, 0.29) is 35.2 Å². The molecule has 0 bridgehead atoms. The van der Waals surface area contributed by atoms with E-state index in [1.807, 2.05) is 13.8 Å². The summed E-state index contributed by atoms with van der Waals surface area (Å²) < 4.78 is 5.64. The highest BCUT2D eigenvalue weighted by Gasteiger charge is 2.58. The van der Waals surface area contributed by atoms with Gasteiger partial charge in [-0.05, 0) is 24.7 Å². The number of carbonyl (C=O) groups is 2. The molecular weight excluding hydrogens is 228 g/mol. The van der Waals surface area contributed by atoms with Crippen LogP contribution in [-0.4, -0.2) is 17.9 Å². The summed E-state index contributed by atoms with van der Waals surface area (Å²) in [5.41, 5.74) is 0.193. The van der Waals surface area contributed by atoms with Gasteiger partial charge in [-0.2, -0.15) is 0 Å². The molecule has 100 valence electrons. The minimum atomic E-state index is -0.0560. The predicted octanol–water partition coefficient (Wildman–Crippen LogP) is 2.58. The van der Waals surface area contributed by atoms with Crippen molar-refractivity contribution in [3.63, 3.8) is 0 Å². The van der Waals surface area contributed by atoms with Crippen molar-refractivity contribution in [3.8, 4) is 0 Å². The Hall–Kier alpha value is -0.860. The van der Waals surface area contributed by atoms with E-state index in [1.54, 1.807) is 0 Å². The normalized spacial score (nSPS) is 51.6. The van der Waals surface area contributed by atoms with E-state index in [0.717, 1.165) is 19.3 Å². The zero-order valence-electron chi connectivity index (χ0n) is 11.4. The summed E-state index contributed by atoms with van der Waals surface area (Å²) >= 11 is 0. The van der Waals surface area contributed by atoms with Gasteiger partial charge in [-0.1, -0.05) is 20.8 Å². The van der Waals surface area contributed by atoms with Crippen LogP contribution >= 0.6 is 0 Å². The second-order valence-electron chi connectivity index (χ2n) is 6.83. The molecule has 0 spiro atoms. The molecule has 3 heteroatoms. The van der Waals surface area contributed by atoms with E-state index in [2.05, 4.69) is 6.92 Å². The van der Waals surface area contributed by atoms with Crippen LogP contribution in [0.15, 0.2) is 0 Å². The average Bonchev–Trinajstić information content (AvgIpc) is 2.60. The van der Waals surface area contributed by atoms with Gasteiger partial charge < -0.3 is 4.74 Å². The number of ether oxygens (including phenoxy) is 1. The highest BCUT2D eigenvalue weighted by Crippen LogP contribution is 2.56. The zero-order valence-corrected chi connectivity index (χ0v) is 11.4. The van der Waals surface area contributed by atoms with E-state index in [4.69, 9.17) is 4.74 Å². The maximum Gasteiger partial charge on any atom is 0.309 e. The molecule has 0 unspecified atom stereocenters. The Morgan fingerprint density at radius 2 is 1.89 bits per heavy atom. The SMILES string of the molecule is C[C@@H]1C(=O)O[C@@H]2[C@@H]1CC[C@]1(C)CCC(=O)[C@@H](C)[C@@H]21. The van der Waals surface area contributed by atoms with Gasteiger partial charge in [0.05, 0.1) is 5.92 Å². The maximum absolute atomic E-state index is 12.0. The summed E-state index contributed by atoms with van der Waals surface area (Å²) in [6, 6.07) is 0. The fraction of sp³-hybridized carbons (Fsp3) is 0.867. The Bertz CT molecular complexity index is 403. The summed E-state index contributed by atoms with van der Waals surface area (Å²) in [4.78, 5) is 23.8. The Morgan fingerprint density at radius 1 is 1.17 bits per heavy atom. The third kappa shape index (κ3) is 1.49. The molecule has 0 amide bonds. The van der Waals surface area contributed by atoms with Crippen molar-refractivity contribution in [2.45, 2.75) is 52.6 Å². The van der Waals surface area contributed by atoms with Crippen molar-refractivity contribution >= 4 is 11.8 Å². The standard InChI is InChI=1S/C15H22O3/c1-8-10-4-6-15(3)7-5-11(16)9(2)12(15)13(10)18-14(8)17/h8-10,12-13H,4-7H2,1-3H3/t8-,9+,10+,12-,13+,15+/m0/s1. The third-order valence-electron chi connectivity index (χ3n) is 5.88. The minimum Gasteiger partial charge on any atom is -0.461 e. The third-order valence-corrected chi connectivity index (χ3v) is 5.88. The molecule has 1 heterocycles. The smallest absolute Gasteiger partial charge is 0.309 e. The number of hydrogen-bond donors (Lipinski definition) is 0. The highest BCUT2D eigenvalue weighted by atomic mass is 16.6. The number of Topliss-reactive ketones (excluding diaryl/α,β-unsaturated/α-hetero) is 1. The molecule has 3 rings (SSSR count). The van der Waals surface area contributed by atoms with E-state index >= 15 is 0 Å². The van der Waals surface area contributed by atoms with Crippen LogP contribution in [0.25, 0.3) is 0 Å². The van der Waals surface area contributed by atoms with Crippen LogP contribution in [0, 0.1) is 29.1 Å². The predicted molar refractivity (Wildman–Crippen MR) is 66.8 cm³/mol. The minimum absolute atomic E-state index is 0.00880. The van der Waals surface area contributed by atoms with E-state index in [0.29, 0.717) is 18.1 Å². The lowest BCUT2D eigenvalue weighted by Gasteiger charge is -2.51. The summed E-state index contributed by atoms with van der Waals surface area (Å²) in [6.45, 7) is 6.29. The van der Waals surface area contributed by atoms with Gasteiger partial charge >= 0.3 is 5.97 Å². The summed E-state index contributed by atoms with van der Waals surface area (Å²) in [5.74, 6) is 0.946. The van der Waals surface area contributed by atoms with Crippen LogP contribution < -0.4 is 0 Å². The van der Waals surface area contributed by atoms with Gasteiger partial charge in [-0.3, -0.25) is 9.59 Å². The first-order valence-electron chi connectivity index (χ1n) is 7.17. The molecular formula is C15H22O3. The van der Waals surface area contributed by atoms with Crippen molar-refractivity contribution in [3.05, 3.63) is 0 Å². The van der Waals surface area contributed by atoms with Crippen LogP contribution in [0.1, 0.15) is 46.5 Å². The van der Waals surface area contributed by atoms with Gasteiger partial charge in [0.25, 0.3) is 0 Å². The number of esters is 1. The Kier molecular flexibility index (Phi) is 2.58. The molecule has 0 aromatic carbocycles. The molecule has 0 aromatic heterocycles. The molecule has 3 fully saturated rings. The molecule has 2 saturated carbocycles. The molecule has 2 aliphatic carbocycles. The topological polar surface area (TPSA) is 43.4 Å². The van der Waals surface area contributed by atoms with E-state index in [1.165, 1.54) is 0 Å². The molecule has 0 N–H and O–H groups in total. The Labute approximate surface area is 108 Å². The lowest BCUT2D eigenvalue weighted by molar-refractivity contribution is -0.158. The molecule has 1 saturated heterocycles. The second-order valence-corrected chi connectivity index (χ2v) is 6.83. The lowest BCUT2D eigenvalue weighted by atomic mass is 9.53. The summed E-state index contributed by atoms with van der Waals surface area (Å²) in [5, 5.41) is 0. The first-order valence-corrected chi connectivity index (χ1v) is 7.17. The van der Waals surface area contributed by atoms with Gasteiger partial charge in [-0.15, -0.1) is 0 Å². The average molecular weight is 250 g/mol. The first-order chi connectivity index (χ1) is 8.44. The molecule has 1 aliphatic heterocycles. The van der Waals surface area contributed by atoms with Gasteiger partial charge in [0.1, 0.15) is 11.9 Å². The monoisotopic (exact) mass is 250 g/mol. The maximum atomic E-state index is 12.0. The van der Waals surface area contributed by atoms with Crippen molar-refractivity contribution in [2.24, 2.45) is 29.1 Å². The second kappa shape index (κ2) is 3.82. The van der Waals surface area contributed by atoms with E-state index in [9.17, 15) is 9.59 Å². The van der Waals surface area contributed by atoms with E-state index < -0.39 is 0 Å². The summed E-state index contributed by atoms with van der Waals surface area (Å²) in [7, 11) is 0. The molecule has 3 aliphatic rings. The summed E-state index contributed by atoms with van der Waals surface area (Å²) in [6.07, 6.45) is 3.87. The van der Waals surface area contributed by atoms with Gasteiger partial charge in [0, 0.05) is 24.2 Å². The number of carbonyl (C=O) groups excluding carboxylic acids is 2. The quantitative estimate of drug-likeness (QED) is 0.621. The lowest BCUT2D eigenvalue weighted by Crippen LogP contribution is -2.52. The van der Waals surface area contributed by atoms with Crippen LogP contribution in [0.3, 0.4) is 0 Å². The van der Waals surface area contributed by atoms with Gasteiger partial charge in [0.15, 0.2) is 0 Å². The van der Waals surface area contributed by atoms with Gasteiger partial charge in [-0.25, -0.2) is 0 Å². The Morgan fingerprint density at radius 3 is 2.61 bits per heavy atom. The number of fused-ring (bicyclic) bond motifs is 3. The highest BCUT2D eigenvalue weighted by molar-refractivity contribution is 5.82. The van der Waals surface area contributed by atoms with Gasteiger partial charge in [0.2, 0.25) is 0 Å². The fourth-order valence-corrected chi connectivity index (χ4v) is 4.62. The van der Waals surface area contributed by atoms with Crippen LogP contribution in [0.2, 0.25) is 0 Å². The van der Waals surface area contributed by atoms with Crippen molar-refractivity contribution < 1.29 is 14.3 Å². The molecule has 6 atom stereocenters. The Balaban J connectivity index is 1.96. The fourth-order valence-electron chi connectivity index (χ4n) is 4.62. The van der Waals surface area contributed by atoms with Crippen molar-refractivity contribution in [1.29, 1.82) is 0 Å². The molecule has 0 aromatic rings. The van der Waals surface area contributed by atoms with Crippen LogP contribution in [-0.2, 0) is 14.3 Å². The molecule has 3 nitrogen and oxygen atoms in total. The largest absolute Gasteiger partial charge is 0.461 e. The molecule has 0 radical (unpaired) electrons. The molecule has 18 heavy (non-hydrogen) atoms. The zero-order chi connectivity index (χ0) is 13.1. The van der Waals surface area contributed by atoms with Crippen LogP contribution in [0.5, 0.6) is 0 Å². The number of ketones is 1. The first kappa shape index (κ1) is 12.2. The van der Waals surface area contributed by atoms with Crippen molar-refractivity contribution in [1.82, 2.24) is 0 Å². The number of rotatable bonds is 0. The van der Waals surface area contributed by atoms with Crippen LogP contribution in [0.4, 0.5) is 0 Å². The number of hydrogen-bond acceptors (Lipinski definition) is 3.